The predicted molar refractivity (Wildman–Crippen MR) is 41.3 cm³/mol. The third-order valence-corrected chi connectivity index (χ3v) is 1.37. The van der Waals surface area contributed by atoms with Gasteiger partial charge in [-0.1, -0.05) is 11.6 Å². The van der Waals surface area contributed by atoms with Crippen LogP contribution in [0.25, 0.3) is 0 Å². The molecule has 0 saturated carbocycles. The van der Waals surface area contributed by atoms with Gasteiger partial charge in [0.15, 0.2) is 0 Å². The first kappa shape index (κ1) is 7.02. The van der Waals surface area contributed by atoms with Crippen molar-refractivity contribution in [1.29, 1.82) is 0 Å². The molecule has 1 aromatic rings. The zero-order valence-electron chi connectivity index (χ0n) is 5.04. The molecule has 52 valence electrons. The second kappa shape index (κ2) is 2.66. The van der Waals surface area contributed by atoms with Gasteiger partial charge in [0.25, 0.3) is 0 Å². The van der Waals surface area contributed by atoms with Crippen LogP contribution in [0, 0.1) is 4.91 Å². The van der Waals surface area contributed by atoms with Crippen molar-refractivity contribution >= 4 is 23.0 Å². The molecule has 0 aromatic heterocycles. The van der Waals surface area contributed by atoms with Crippen molar-refractivity contribution in [3.05, 3.63) is 28.1 Å². The molecule has 0 aliphatic rings. The zero-order valence-corrected chi connectivity index (χ0v) is 5.80. The molecule has 0 aliphatic carbocycles. The van der Waals surface area contributed by atoms with E-state index in [0.717, 1.165) is 0 Å². The van der Waals surface area contributed by atoms with Crippen molar-refractivity contribution in [2.75, 3.05) is 5.73 Å². The number of anilines is 1. The fourth-order valence-electron chi connectivity index (χ4n) is 0.597. The number of nitrogens with zero attached hydrogens (tertiary/aromatic N) is 1. The third kappa shape index (κ3) is 1.25. The topological polar surface area (TPSA) is 55.4 Å². The Morgan fingerprint density at radius 3 is 2.70 bits per heavy atom. The van der Waals surface area contributed by atoms with Crippen molar-refractivity contribution in [2.24, 2.45) is 5.18 Å². The Bertz CT molecular complexity index is 262. The maximum atomic E-state index is 9.96. The highest BCUT2D eigenvalue weighted by Crippen LogP contribution is 2.25. The first-order valence-corrected chi connectivity index (χ1v) is 3.00. The number of halogens is 1. The number of benzene rings is 1. The van der Waals surface area contributed by atoms with Crippen LogP contribution in [0.1, 0.15) is 0 Å². The number of nitrogens with two attached hydrogens (primary N) is 1. The zero-order chi connectivity index (χ0) is 7.56. The molecule has 0 bridgehead atoms. The predicted octanol–water partition coefficient (Wildman–Crippen LogP) is 2.32. The van der Waals surface area contributed by atoms with E-state index in [1.807, 2.05) is 0 Å². The minimum atomic E-state index is 0.218. The largest absolute Gasteiger partial charge is 0.399 e. The summed E-state index contributed by atoms with van der Waals surface area (Å²) in [5.74, 6) is 0. The van der Waals surface area contributed by atoms with E-state index in [1.54, 1.807) is 6.07 Å². The summed E-state index contributed by atoms with van der Waals surface area (Å²) in [5.41, 5.74) is 6.10. The quantitative estimate of drug-likeness (QED) is 0.501. The molecule has 0 spiro atoms. The fourth-order valence-corrected chi connectivity index (χ4v) is 0.821. The van der Waals surface area contributed by atoms with Crippen LogP contribution in [0.4, 0.5) is 11.4 Å². The van der Waals surface area contributed by atoms with Crippen molar-refractivity contribution in [1.82, 2.24) is 0 Å². The first-order valence-electron chi connectivity index (χ1n) is 2.62. The van der Waals surface area contributed by atoms with Crippen LogP contribution in [-0.2, 0) is 0 Å². The van der Waals surface area contributed by atoms with E-state index in [4.69, 9.17) is 17.3 Å². The van der Waals surface area contributed by atoms with Crippen LogP contribution < -0.4 is 5.73 Å². The maximum Gasteiger partial charge on any atom is 0.126 e. The van der Waals surface area contributed by atoms with E-state index < -0.39 is 0 Å². The van der Waals surface area contributed by atoms with E-state index in [9.17, 15) is 4.91 Å². The first-order chi connectivity index (χ1) is 4.74. The molecule has 0 radical (unpaired) electrons. The Labute approximate surface area is 62.8 Å². The van der Waals surface area contributed by atoms with E-state index in [-0.39, 0.29) is 10.7 Å². The second-order valence-electron chi connectivity index (χ2n) is 1.80. The van der Waals surface area contributed by atoms with Crippen LogP contribution in [0.3, 0.4) is 0 Å². The lowest BCUT2D eigenvalue weighted by atomic mass is 10.3. The maximum absolute atomic E-state index is 9.96. The molecular weight excluding hydrogens is 152 g/mol. The SMILES string of the molecule is Nc1ccc(N=O)c(Cl)c1. The van der Waals surface area contributed by atoms with Crippen LogP contribution in [0.5, 0.6) is 0 Å². The fraction of sp³-hybridized carbons (Fsp3) is 0. The Balaban J connectivity index is 3.19. The average Bonchev–Trinajstić information content (AvgIpc) is 1.88. The second-order valence-corrected chi connectivity index (χ2v) is 2.21. The lowest BCUT2D eigenvalue weighted by molar-refractivity contribution is 1.50. The molecule has 2 N–H and O–H groups in total. The number of rotatable bonds is 1. The Morgan fingerprint density at radius 2 is 2.20 bits per heavy atom. The van der Waals surface area contributed by atoms with Gasteiger partial charge in [0, 0.05) is 5.69 Å². The minimum Gasteiger partial charge on any atom is -0.399 e. The highest BCUT2D eigenvalue weighted by Gasteiger charge is 1.98. The van der Waals surface area contributed by atoms with Crippen LogP contribution in [-0.4, -0.2) is 0 Å². The Morgan fingerprint density at radius 1 is 1.50 bits per heavy atom. The van der Waals surface area contributed by atoms with Gasteiger partial charge in [-0.25, -0.2) is 0 Å². The number of nitroso groups, excluding NO2 is 1. The van der Waals surface area contributed by atoms with Crippen molar-refractivity contribution in [3.63, 3.8) is 0 Å². The van der Waals surface area contributed by atoms with Gasteiger partial charge in [0.1, 0.15) is 5.69 Å². The molecular formula is C6H5ClN2O. The van der Waals surface area contributed by atoms with Gasteiger partial charge in [0.05, 0.1) is 5.02 Å². The van der Waals surface area contributed by atoms with Gasteiger partial charge in [0.2, 0.25) is 0 Å². The van der Waals surface area contributed by atoms with E-state index in [0.29, 0.717) is 5.69 Å². The molecule has 0 heterocycles. The summed E-state index contributed by atoms with van der Waals surface area (Å²) < 4.78 is 0. The summed E-state index contributed by atoms with van der Waals surface area (Å²) in [5, 5.41) is 2.96. The Hall–Kier alpha value is -1.09. The summed E-state index contributed by atoms with van der Waals surface area (Å²) in [7, 11) is 0. The van der Waals surface area contributed by atoms with Gasteiger partial charge in [-0.15, -0.1) is 4.91 Å². The number of nitrogen functional groups attached to an aromatic ring is 1. The van der Waals surface area contributed by atoms with Gasteiger partial charge in [-0.2, -0.15) is 0 Å². The van der Waals surface area contributed by atoms with Crippen LogP contribution in [0.2, 0.25) is 5.02 Å². The molecule has 0 saturated heterocycles. The molecule has 3 nitrogen and oxygen atoms in total. The van der Waals surface area contributed by atoms with E-state index in [2.05, 4.69) is 5.18 Å². The monoisotopic (exact) mass is 156 g/mol. The van der Waals surface area contributed by atoms with Crippen molar-refractivity contribution in [3.8, 4) is 0 Å². The smallest absolute Gasteiger partial charge is 0.126 e. The Kier molecular flexibility index (Phi) is 1.87. The van der Waals surface area contributed by atoms with Crippen LogP contribution >= 0.6 is 11.6 Å². The standard InChI is InChI=1S/C6H5ClN2O/c7-5-3-4(8)1-2-6(5)9-10/h1-3H,8H2. The minimum absolute atomic E-state index is 0.218. The molecule has 0 fully saturated rings. The normalized spacial score (nSPS) is 9.30. The molecule has 0 unspecified atom stereocenters. The lowest BCUT2D eigenvalue weighted by Gasteiger charge is -1.94. The van der Waals surface area contributed by atoms with Gasteiger partial charge >= 0.3 is 0 Å². The third-order valence-electron chi connectivity index (χ3n) is 1.07. The average molecular weight is 157 g/mol. The molecule has 10 heavy (non-hydrogen) atoms. The summed E-state index contributed by atoms with van der Waals surface area (Å²) in [4.78, 5) is 9.96. The van der Waals surface area contributed by atoms with Gasteiger partial charge < -0.3 is 5.73 Å². The van der Waals surface area contributed by atoms with Crippen molar-refractivity contribution < 1.29 is 0 Å². The summed E-state index contributed by atoms with van der Waals surface area (Å²) in [6.07, 6.45) is 0. The highest BCUT2D eigenvalue weighted by molar-refractivity contribution is 6.33. The van der Waals surface area contributed by atoms with E-state index in [1.165, 1.54) is 12.1 Å². The van der Waals surface area contributed by atoms with Gasteiger partial charge in [-0.3, -0.25) is 0 Å². The number of hydrogen-bond acceptors (Lipinski definition) is 3. The van der Waals surface area contributed by atoms with Crippen LogP contribution in [0.15, 0.2) is 23.4 Å². The van der Waals surface area contributed by atoms with E-state index >= 15 is 0 Å². The molecule has 0 atom stereocenters. The summed E-state index contributed by atoms with van der Waals surface area (Å²) in [6.45, 7) is 0. The molecule has 0 amide bonds. The molecule has 1 aromatic carbocycles. The lowest BCUT2D eigenvalue weighted by Crippen LogP contribution is -1.82. The summed E-state index contributed by atoms with van der Waals surface area (Å²) in [6, 6.07) is 4.53. The molecule has 0 aliphatic heterocycles. The van der Waals surface area contributed by atoms with Gasteiger partial charge in [-0.05, 0) is 23.4 Å². The summed E-state index contributed by atoms with van der Waals surface area (Å²) >= 11 is 5.56. The van der Waals surface area contributed by atoms with Crippen molar-refractivity contribution in [2.45, 2.75) is 0 Å². The number of hydrogen-bond donors (Lipinski definition) is 1. The molecule has 1 rings (SSSR count). The molecule has 4 heteroatoms. The highest BCUT2D eigenvalue weighted by atomic mass is 35.5.